The number of hydrogen-bond acceptors (Lipinski definition) is 1. The molecule has 0 bridgehead atoms. The summed E-state index contributed by atoms with van der Waals surface area (Å²) in [6.07, 6.45) is 5.62. The van der Waals surface area contributed by atoms with E-state index in [1.165, 1.54) is 16.7 Å². The second-order valence-electron chi connectivity index (χ2n) is 6.23. The molecule has 2 rings (SSSR count). The van der Waals surface area contributed by atoms with Gasteiger partial charge in [0, 0.05) is 10.3 Å². The Hall–Kier alpha value is -0.920. The van der Waals surface area contributed by atoms with Crippen LogP contribution in [0.25, 0.3) is 0 Å². The van der Waals surface area contributed by atoms with Gasteiger partial charge >= 0.3 is 0 Å². The number of aryl methyl sites for hydroxylation is 1. The first-order chi connectivity index (χ1) is 10.6. The van der Waals surface area contributed by atoms with E-state index >= 15 is 0 Å². The lowest BCUT2D eigenvalue weighted by molar-refractivity contribution is 0.646. The second-order valence-corrected chi connectivity index (χ2v) is 7.71. The number of benzene rings is 2. The average Bonchev–Trinajstić information content (AvgIpc) is 2.49. The summed E-state index contributed by atoms with van der Waals surface area (Å²) in [6.45, 7) is 4.55. The molecule has 0 spiro atoms. The Morgan fingerprint density at radius 2 is 1.73 bits per heavy atom. The van der Waals surface area contributed by atoms with Crippen LogP contribution in [0, 0.1) is 5.92 Å². The third-order valence-electron chi connectivity index (χ3n) is 3.86. The third-order valence-corrected chi connectivity index (χ3v) is 5.19. The van der Waals surface area contributed by atoms with Crippen LogP contribution in [0.2, 0.25) is 5.02 Å². The summed E-state index contributed by atoms with van der Waals surface area (Å²) >= 11 is 7.90. The van der Waals surface area contributed by atoms with Crippen molar-refractivity contribution in [2.45, 2.75) is 38.4 Å². The van der Waals surface area contributed by atoms with Gasteiger partial charge in [-0.2, -0.15) is 11.8 Å². The van der Waals surface area contributed by atoms with E-state index in [1.807, 2.05) is 23.9 Å². The predicted octanol–water partition coefficient (Wildman–Crippen LogP) is 6.58. The highest BCUT2D eigenvalue weighted by atomic mass is 35.5. The second kappa shape index (κ2) is 8.64. The molecule has 118 valence electrons. The van der Waals surface area contributed by atoms with Crippen molar-refractivity contribution in [1.29, 1.82) is 0 Å². The molecule has 0 amide bonds. The third kappa shape index (κ3) is 5.37. The highest BCUT2D eigenvalue weighted by molar-refractivity contribution is 7.98. The Balaban J connectivity index is 2.03. The van der Waals surface area contributed by atoms with E-state index in [9.17, 15) is 0 Å². The number of rotatable bonds is 7. The van der Waals surface area contributed by atoms with Gasteiger partial charge in [0.2, 0.25) is 0 Å². The summed E-state index contributed by atoms with van der Waals surface area (Å²) < 4.78 is 0. The minimum Gasteiger partial charge on any atom is -0.157 e. The van der Waals surface area contributed by atoms with Crippen molar-refractivity contribution in [3.8, 4) is 0 Å². The molecule has 0 heterocycles. The fraction of sp³-hybridized carbons (Fsp3) is 0.400. The van der Waals surface area contributed by atoms with Gasteiger partial charge in [-0.1, -0.05) is 61.8 Å². The zero-order valence-corrected chi connectivity index (χ0v) is 15.3. The molecule has 0 radical (unpaired) electrons. The summed E-state index contributed by atoms with van der Waals surface area (Å²) in [7, 11) is 0. The van der Waals surface area contributed by atoms with Gasteiger partial charge in [0.15, 0.2) is 0 Å². The Morgan fingerprint density at radius 1 is 1.00 bits per heavy atom. The average molecular weight is 333 g/mol. The maximum atomic E-state index is 5.95. The molecule has 0 nitrogen and oxygen atoms in total. The molecule has 0 aliphatic rings. The predicted molar refractivity (Wildman–Crippen MR) is 101 cm³/mol. The van der Waals surface area contributed by atoms with Gasteiger partial charge in [0.25, 0.3) is 0 Å². The van der Waals surface area contributed by atoms with Crippen LogP contribution >= 0.6 is 23.4 Å². The molecule has 0 aliphatic carbocycles. The molecule has 2 aromatic carbocycles. The normalized spacial score (nSPS) is 12.6. The lowest BCUT2D eigenvalue weighted by atomic mass is 9.98. The smallest absolute Gasteiger partial charge is 0.0406 e. The Labute approximate surface area is 144 Å². The SMILES string of the molecule is CSC(CCc1ccc(Cl)cc1)c1cccc(CC(C)C)c1. The van der Waals surface area contributed by atoms with Gasteiger partial charge in [0.1, 0.15) is 0 Å². The molecule has 2 heteroatoms. The van der Waals surface area contributed by atoms with Crippen LogP contribution in [0.1, 0.15) is 42.2 Å². The van der Waals surface area contributed by atoms with Gasteiger partial charge in [-0.15, -0.1) is 0 Å². The van der Waals surface area contributed by atoms with E-state index in [2.05, 4.69) is 56.5 Å². The van der Waals surface area contributed by atoms with Crippen LogP contribution in [-0.2, 0) is 12.8 Å². The Bertz CT molecular complexity index is 575. The minimum atomic E-state index is 0.558. The molecular formula is C20H25ClS. The number of thioether (sulfide) groups is 1. The largest absolute Gasteiger partial charge is 0.157 e. The summed E-state index contributed by atoms with van der Waals surface area (Å²) in [5, 5.41) is 1.37. The van der Waals surface area contributed by atoms with Gasteiger partial charge in [-0.3, -0.25) is 0 Å². The molecule has 0 saturated heterocycles. The molecule has 0 fully saturated rings. The number of hydrogen-bond donors (Lipinski definition) is 0. The van der Waals surface area contributed by atoms with E-state index in [1.54, 1.807) is 0 Å². The van der Waals surface area contributed by atoms with E-state index in [4.69, 9.17) is 11.6 Å². The lowest BCUT2D eigenvalue weighted by Crippen LogP contribution is -2.00. The highest BCUT2D eigenvalue weighted by Gasteiger charge is 2.11. The van der Waals surface area contributed by atoms with Crippen molar-refractivity contribution in [2.24, 2.45) is 5.92 Å². The zero-order valence-electron chi connectivity index (χ0n) is 13.7. The zero-order chi connectivity index (χ0) is 15.9. The standard InChI is InChI=1S/C20H25ClS/c1-15(2)13-17-5-4-6-18(14-17)20(22-3)12-9-16-7-10-19(21)11-8-16/h4-8,10-11,14-15,20H,9,12-13H2,1-3H3. The van der Waals surface area contributed by atoms with Crippen LogP contribution < -0.4 is 0 Å². The van der Waals surface area contributed by atoms with Crippen LogP contribution in [0.3, 0.4) is 0 Å². The maximum absolute atomic E-state index is 5.95. The van der Waals surface area contributed by atoms with Crippen LogP contribution in [0.5, 0.6) is 0 Å². The molecule has 0 aromatic heterocycles. The van der Waals surface area contributed by atoms with Gasteiger partial charge in [0.05, 0.1) is 0 Å². The number of halogens is 1. The van der Waals surface area contributed by atoms with Gasteiger partial charge < -0.3 is 0 Å². The first kappa shape index (κ1) is 17.4. The molecule has 2 aromatic rings. The van der Waals surface area contributed by atoms with Gasteiger partial charge in [-0.25, -0.2) is 0 Å². The molecule has 22 heavy (non-hydrogen) atoms. The van der Waals surface area contributed by atoms with E-state index in [0.29, 0.717) is 11.2 Å². The highest BCUT2D eigenvalue weighted by Crippen LogP contribution is 2.32. The van der Waals surface area contributed by atoms with Crippen LogP contribution in [-0.4, -0.2) is 6.26 Å². The lowest BCUT2D eigenvalue weighted by Gasteiger charge is -2.16. The van der Waals surface area contributed by atoms with Crippen molar-refractivity contribution in [2.75, 3.05) is 6.26 Å². The van der Waals surface area contributed by atoms with E-state index in [-0.39, 0.29) is 0 Å². The summed E-state index contributed by atoms with van der Waals surface area (Å²) in [5.74, 6) is 0.706. The molecule has 1 unspecified atom stereocenters. The fourth-order valence-electron chi connectivity index (χ4n) is 2.76. The van der Waals surface area contributed by atoms with Crippen LogP contribution in [0.15, 0.2) is 48.5 Å². The molecule has 0 aliphatic heterocycles. The first-order valence-corrected chi connectivity index (χ1v) is 9.61. The summed E-state index contributed by atoms with van der Waals surface area (Å²) in [6, 6.07) is 17.3. The Morgan fingerprint density at radius 3 is 2.36 bits per heavy atom. The van der Waals surface area contributed by atoms with E-state index in [0.717, 1.165) is 24.3 Å². The maximum Gasteiger partial charge on any atom is 0.0406 e. The van der Waals surface area contributed by atoms with Crippen molar-refractivity contribution < 1.29 is 0 Å². The summed E-state index contributed by atoms with van der Waals surface area (Å²) in [4.78, 5) is 0. The first-order valence-electron chi connectivity index (χ1n) is 7.94. The van der Waals surface area contributed by atoms with E-state index < -0.39 is 0 Å². The van der Waals surface area contributed by atoms with Crippen molar-refractivity contribution in [3.05, 3.63) is 70.2 Å². The van der Waals surface area contributed by atoms with Crippen molar-refractivity contribution >= 4 is 23.4 Å². The summed E-state index contributed by atoms with van der Waals surface area (Å²) in [5.41, 5.74) is 4.28. The molecule has 0 saturated carbocycles. The molecular weight excluding hydrogens is 308 g/mol. The molecule has 0 N–H and O–H groups in total. The topological polar surface area (TPSA) is 0 Å². The monoisotopic (exact) mass is 332 g/mol. The van der Waals surface area contributed by atoms with Gasteiger partial charge in [-0.05, 0) is 60.3 Å². The molecule has 1 atom stereocenters. The van der Waals surface area contributed by atoms with Crippen molar-refractivity contribution in [3.63, 3.8) is 0 Å². The van der Waals surface area contributed by atoms with Crippen molar-refractivity contribution in [1.82, 2.24) is 0 Å². The van der Waals surface area contributed by atoms with Crippen LogP contribution in [0.4, 0.5) is 0 Å². The quantitative estimate of drug-likeness (QED) is 0.552. The minimum absolute atomic E-state index is 0.558. The fourth-order valence-corrected chi connectivity index (χ4v) is 3.66. The Kier molecular flexibility index (Phi) is 6.85.